The number of aromatic amines is 1. The predicted molar refractivity (Wildman–Crippen MR) is 109 cm³/mol. The second kappa shape index (κ2) is 7.67. The Morgan fingerprint density at radius 3 is 2.70 bits per heavy atom. The lowest BCUT2D eigenvalue weighted by Crippen LogP contribution is -2.09. The number of hydrogen-bond acceptors (Lipinski definition) is 6. The predicted octanol–water partition coefficient (Wildman–Crippen LogP) is 3.28. The molecule has 0 radical (unpaired) electrons. The number of halogens is 2. The largest absolute Gasteiger partial charge is 0.364 e. The van der Waals surface area contributed by atoms with Gasteiger partial charge in [0, 0.05) is 29.4 Å². The van der Waals surface area contributed by atoms with Crippen molar-refractivity contribution in [2.45, 2.75) is 6.54 Å². The van der Waals surface area contributed by atoms with Crippen LogP contribution in [0.2, 0.25) is 0 Å². The molecule has 0 unspecified atom stereocenters. The highest BCUT2D eigenvalue weighted by Gasteiger charge is 2.13. The quantitative estimate of drug-likeness (QED) is 0.433. The van der Waals surface area contributed by atoms with Crippen LogP contribution in [0.1, 0.15) is 5.56 Å². The van der Waals surface area contributed by atoms with Crippen molar-refractivity contribution in [1.29, 1.82) is 0 Å². The third kappa shape index (κ3) is 4.35. The molecule has 0 saturated heterocycles. The van der Waals surface area contributed by atoms with Gasteiger partial charge in [-0.15, -0.1) is 0 Å². The van der Waals surface area contributed by atoms with E-state index in [1.165, 1.54) is 18.5 Å². The third-order valence-electron chi connectivity index (χ3n) is 4.16. The molecular weight excluding hydrogens is 414 g/mol. The lowest BCUT2D eigenvalue weighted by Gasteiger charge is -2.10. The molecule has 11 heteroatoms. The molecule has 0 spiro atoms. The SMILES string of the molecule is CS(=O)(=O)Nc1cccc(-c2nc(NCc3ccc(F)cc3F)c3nc[nH]c3n2)c1. The van der Waals surface area contributed by atoms with Crippen LogP contribution in [-0.4, -0.2) is 34.6 Å². The average Bonchev–Trinajstić information content (AvgIpc) is 3.15. The first-order valence-corrected chi connectivity index (χ1v) is 10.6. The van der Waals surface area contributed by atoms with Crippen LogP contribution in [0.4, 0.5) is 20.3 Å². The molecule has 0 fully saturated rings. The Hall–Kier alpha value is -3.60. The zero-order valence-electron chi connectivity index (χ0n) is 15.6. The maximum Gasteiger partial charge on any atom is 0.229 e. The standard InChI is InChI=1S/C19H16F2N6O2S/c1-30(28,29)27-14-4-2-3-11(7-14)17-25-18(16-19(26-17)24-10-23-16)22-9-12-5-6-13(20)8-15(12)21/h2-8,10,27H,9H2,1H3,(H2,22,23,24,25,26). The second-order valence-electron chi connectivity index (χ2n) is 6.54. The molecule has 0 aliphatic carbocycles. The van der Waals surface area contributed by atoms with Crippen molar-refractivity contribution in [3.05, 3.63) is 66.0 Å². The third-order valence-corrected chi connectivity index (χ3v) is 4.77. The summed E-state index contributed by atoms with van der Waals surface area (Å²) in [7, 11) is -3.44. The number of anilines is 2. The molecule has 2 heterocycles. The van der Waals surface area contributed by atoms with Gasteiger partial charge >= 0.3 is 0 Å². The molecule has 0 bridgehead atoms. The molecule has 0 aliphatic rings. The Morgan fingerprint density at radius 2 is 1.93 bits per heavy atom. The fourth-order valence-electron chi connectivity index (χ4n) is 2.87. The molecule has 154 valence electrons. The van der Waals surface area contributed by atoms with Gasteiger partial charge in [-0.1, -0.05) is 18.2 Å². The minimum absolute atomic E-state index is 0.0558. The minimum Gasteiger partial charge on any atom is -0.364 e. The van der Waals surface area contributed by atoms with Gasteiger partial charge in [0.05, 0.1) is 12.6 Å². The molecule has 30 heavy (non-hydrogen) atoms. The summed E-state index contributed by atoms with van der Waals surface area (Å²) in [6.45, 7) is 0.0558. The van der Waals surface area contributed by atoms with E-state index in [1.54, 1.807) is 24.3 Å². The molecule has 8 nitrogen and oxygen atoms in total. The van der Waals surface area contributed by atoms with Crippen LogP contribution in [-0.2, 0) is 16.6 Å². The monoisotopic (exact) mass is 430 g/mol. The van der Waals surface area contributed by atoms with Crippen LogP contribution < -0.4 is 10.0 Å². The van der Waals surface area contributed by atoms with E-state index >= 15 is 0 Å². The van der Waals surface area contributed by atoms with Crippen molar-refractivity contribution >= 4 is 32.7 Å². The first-order valence-electron chi connectivity index (χ1n) is 8.76. The number of rotatable bonds is 6. The lowest BCUT2D eigenvalue weighted by molar-refractivity contribution is 0.574. The fourth-order valence-corrected chi connectivity index (χ4v) is 3.42. The number of nitrogens with one attached hydrogen (secondary N) is 3. The highest BCUT2D eigenvalue weighted by atomic mass is 32.2. The molecule has 0 atom stereocenters. The van der Waals surface area contributed by atoms with Crippen molar-refractivity contribution in [3.63, 3.8) is 0 Å². The van der Waals surface area contributed by atoms with Crippen molar-refractivity contribution in [2.24, 2.45) is 0 Å². The molecule has 0 aliphatic heterocycles. The molecule has 0 amide bonds. The van der Waals surface area contributed by atoms with E-state index in [9.17, 15) is 17.2 Å². The summed E-state index contributed by atoms with van der Waals surface area (Å²) in [6.07, 6.45) is 2.51. The molecule has 4 rings (SSSR count). The highest BCUT2D eigenvalue weighted by molar-refractivity contribution is 7.92. The normalized spacial score (nSPS) is 11.6. The van der Waals surface area contributed by atoms with E-state index in [1.807, 2.05) is 0 Å². The topological polar surface area (TPSA) is 113 Å². The zero-order valence-corrected chi connectivity index (χ0v) is 16.5. The van der Waals surface area contributed by atoms with Crippen molar-refractivity contribution in [2.75, 3.05) is 16.3 Å². The number of imidazole rings is 1. The molecular formula is C19H16F2N6O2S. The van der Waals surface area contributed by atoms with Gasteiger partial charge in [-0.25, -0.2) is 32.2 Å². The second-order valence-corrected chi connectivity index (χ2v) is 8.29. The summed E-state index contributed by atoms with van der Waals surface area (Å²) in [6, 6.07) is 9.95. The van der Waals surface area contributed by atoms with Gasteiger partial charge in [-0.3, -0.25) is 4.72 Å². The van der Waals surface area contributed by atoms with E-state index in [4.69, 9.17) is 0 Å². The Morgan fingerprint density at radius 1 is 1.10 bits per heavy atom. The molecule has 2 aromatic carbocycles. The van der Waals surface area contributed by atoms with E-state index < -0.39 is 21.7 Å². The van der Waals surface area contributed by atoms with Gasteiger partial charge in [-0.2, -0.15) is 0 Å². The summed E-state index contributed by atoms with van der Waals surface area (Å²) in [4.78, 5) is 16.0. The summed E-state index contributed by atoms with van der Waals surface area (Å²) >= 11 is 0. The van der Waals surface area contributed by atoms with Gasteiger partial charge in [-0.05, 0) is 18.2 Å². The zero-order chi connectivity index (χ0) is 21.3. The van der Waals surface area contributed by atoms with Crippen LogP contribution in [0.15, 0.2) is 48.8 Å². The first-order chi connectivity index (χ1) is 14.3. The lowest BCUT2D eigenvalue weighted by atomic mass is 10.2. The van der Waals surface area contributed by atoms with Gasteiger partial charge < -0.3 is 10.3 Å². The smallest absolute Gasteiger partial charge is 0.229 e. The molecule has 0 saturated carbocycles. The first kappa shape index (κ1) is 19.7. The van der Waals surface area contributed by atoms with E-state index in [0.717, 1.165) is 12.3 Å². The highest BCUT2D eigenvalue weighted by Crippen LogP contribution is 2.25. The number of benzene rings is 2. The maximum atomic E-state index is 13.9. The number of aromatic nitrogens is 4. The van der Waals surface area contributed by atoms with E-state index in [-0.39, 0.29) is 12.1 Å². The Bertz CT molecular complexity index is 1340. The minimum atomic E-state index is -3.44. The molecule has 3 N–H and O–H groups in total. The number of nitrogens with zero attached hydrogens (tertiary/aromatic N) is 3. The van der Waals surface area contributed by atoms with Gasteiger partial charge in [0.2, 0.25) is 10.0 Å². The number of sulfonamides is 1. The Kier molecular flexibility index (Phi) is 5.04. The van der Waals surface area contributed by atoms with Crippen molar-refractivity contribution < 1.29 is 17.2 Å². The van der Waals surface area contributed by atoms with Gasteiger partial charge in [0.25, 0.3) is 0 Å². The maximum absolute atomic E-state index is 13.9. The van der Waals surface area contributed by atoms with Crippen LogP contribution in [0, 0.1) is 11.6 Å². The van der Waals surface area contributed by atoms with Gasteiger partial charge in [0.15, 0.2) is 17.3 Å². The van der Waals surface area contributed by atoms with Crippen LogP contribution in [0.25, 0.3) is 22.6 Å². The van der Waals surface area contributed by atoms with Crippen molar-refractivity contribution in [3.8, 4) is 11.4 Å². The Balaban J connectivity index is 1.69. The summed E-state index contributed by atoms with van der Waals surface area (Å²) in [5.74, 6) is -0.667. The Labute approximate surface area is 170 Å². The number of hydrogen-bond donors (Lipinski definition) is 3. The van der Waals surface area contributed by atoms with Crippen LogP contribution in [0.5, 0.6) is 0 Å². The van der Waals surface area contributed by atoms with Crippen molar-refractivity contribution in [1.82, 2.24) is 19.9 Å². The molecule has 2 aromatic heterocycles. The summed E-state index contributed by atoms with van der Waals surface area (Å²) in [5, 5.41) is 3.01. The van der Waals surface area contributed by atoms with Crippen LogP contribution in [0.3, 0.4) is 0 Å². The van der Waals surface area contributed by atoms with E-state index in [2.05, 4.69) is 30.0 Å². The number of fused-ring (bicyclic) bond motifs is 1. The molecule has 4 aromatic rings. The fraction of sp³-hybridized carbons (Fsp3) is 0.105. The van der Waals surface area contributed by atoms with Gasteiger partial charge in [0.1, 0.15) is 17.2 Å². The average molecular weight is 430 g/mol. The number of H-pyrrole nitrogens is 1. The summed E-state index contributed by atoms with van der Waals surface area (Å²) in [5.41, 5.74) is 2.09. The summed E-state index contributed by atoms with van der Waals surface area (Å²) < 4.78 is 52.4. The van der Waals surface area contributed by atoms with E-state index in [0.29, 0.717) is 34.1 Å². The van der Waals surface area contributed by atoms with Crippen LogP contribution >= 0.6 is 0 Å².